The Labute approximate surface area is 185 Å². The van der Waals surface area contributed by atoms with Gasteiger partial charge in [0.15, 0.2) is 6.61 Å². The van der Waals surface area contributed by atoms with Crippen molar-refractivity contribution in [3.8, 4) is 17.2 Å². The average molecular weight is 461 g/mol. The molecule has 0 aliphatic carbocycles. The lowest BCUT2D eigenvalue weighted by Crippen LogP contribution is -2.43. The van der Waals surface area contributed by atoms with Gasteiger partial charge in [0, 0.05) is 12.6 Å². The maximum absolute atomic E-state index is 13.3. The zero-order valence-electron chi connectivity index (χ0n) is 17.6. The molecule has 2 aliphatic rings. The van der Waals surface area contributed by atoms with Gasteiger partial charge < -0.3 is 24.8 Å². The Morgan fingerprint density at radius 1 is 1.19 bits per heavy atom. The first-order valence-electron chi connectivity index (χ1n) is 9.95. The monoisotopic (exact) mass is 461 g/mol. The number of amides is 2. The standard InChI is InChI=1S/C21H23N3O7S/c1-29-13-5-7-18(30-2)15(10-13)23-21(26)17-4-3-9-24(17)32(27,28)14-6-8-19-16(11-14)22-20(25)12-31-19/h5-8,10-11,17H,3-4,9,12H2,1-2H3,(H,22,25)(H,23,26). The molecular formula is C21H23N3O7S. The van der Waals surface area contributed by atoms with E-state index >= 15 is 0 Å². The molecule has 1 saturated heterocycles. The summed E-state index contributed by atoms with van der Waals surface area (Å²) in [4.78, 5) is 24.6. The normalized spacial score (nSPS) is 18.3. The Balaban J connectivity index is 1.59. The predicted octanol–water partition coefficient (Wildman–Crippen LogP) is 1.83. The molecule has 10 nitrogen and oxygen atoms in total. The van der Waals surface area contributed by atoms with E-state index in [9.17, 15) is 18.0 Å². The number of rotatable bonds is 6. The van der Waals surface area contributed by atoms with Gasteiger partial charge >= 0.3 is 0 Å². The van der Waals surface area contributed by atoms with Crippen molar-refractivity contribution in [1.82, 2.24) is 4.31 Å². The first-order valence-corrected chi connectivity index (χ1v) is 11.4. The maximum atomic E-state index is 13.3. The Morgan fingerprint density at radius 2 is 2.00 bits per heavy atom. The fourth-order valence-corrected chi connectivity index (χ4v) is 5.46. The quantitative estimate of drug-likeness (QED) is 0.673. The fourth-order valence-electron chi connectivity index (χ4n) is 3.78. The molecule has 1 unspecified atom stereocenters. The van der Waals surface area contributed by atoms with Gasteiger partial charge in [0.2, 0.25) is 15.9 Å². The molecule has 2 heterocycles. The van der Waals surface area contributed by atoms with E-state index in [0.29, 0.717) is 35.8 Å². The van der Waals surface area contributed by atoms with Crippen LogP contribution in [0.25, 0.3) is 0 Å². The molecule has 1 atom stereocenters. The largest absolute Gasteiger partial charge is 0.497 e. The molecule has 4 rings (SSSR count). The van der Waals surface area contributed by atoms with Gasteiger partial charge in [-0.3, -0.25) is 9.59 Å². The molecule has 0 saturated carbocycles. The highest BCUT2D eigenvalue weighted by atomic mass is 32.2. The third kappa shape index (κ3) is 4.08. The Hall–Kier alpha value is -3.31. The van der Waals surface area contributed by atoms with Crippen LogP contribution in [0.4, 0.5) is 11.4 Å². The number of carbonyl (C=O) groups excluding carboxylic acids is 2. The Kier molecular flexibility index (Phi) is 5.94. The molecule has 11 heteroatoms. The summed E-state index contributed by atoms with van der Waals surface area (Å²) < 4.78 is 43.6. The minimum absolute atomic E-state index is 0.0271. The van der Waals surface area contributed by atoms with Gasteiger partial charge in [0.1, 0.15) is 23.3 Å². The second-order valence-corrected chi connectivity index (χ2v) is 9.21. The smallest absolute Gasteiger partial charge is 0.262 e. The zero-order valence-corrected chi connectivity index (χ0v) is 18.4. The first kappa shape index (κ1) is 21.9. The van der Waals surface area contributed by atoms with Crippen molar-refractivity contribution in [2.24, 2.45) is 0 Å². The number of benzene rings is 2. The van der Waals surface area contributed by atoms with Crippen LogP contribution < -0.4 is 24.8 Å². The SMILES string of the molecule is COc1ccc(OC)c(NC(=O)C2CCCN2S(=O)(=O)c2ccc3c(c2)NC(=O)CO3)c1. The summed E-state index contributed by atoms with van der Waals surface area (Å²) in [6.45, 7) is 0.0802. The lowest BCUT2D eigenvalue weighted by molar-refractivity contribution is -0.119. The molecule has 1 fully saturated rings. The molecule has 0 spiro atoms. The van der Waals surface area contributed by atoms with Crippen molar-refractivity contribution < 1.29 is 32.2 Å². The van der Waals surface area contributed by atoms with Gasteiger partial charge in [0.05, 0.1) is 30.5 Å². The van der Waals surface area contributed by atoms with Crippen molar-refractivity contribution in [3.63, 3.8) is 0 Å². The van der Waals surface area contributed by atoms with E-state index in [0.717, 1.165) is 0 Å². The molecule has 2 amide bonds. The predicted molar refractivity (Wildman–Crippen MR) is 116 cm³/mol. The Bertz CT molecular complexity index is 1170. The molecule has 170 valence electrons. The summed E-state index contributed by atoms with van der Waals surface area (Å²) in [5.74, 6) is 0.515. The molecular weight excluding hydrogens is 438 g/mol. The van der Waals surface area contributed by atoms with Gasteiger partial charge in [-0.15, -0.1) is 0 Å². The number of hydrogen-bond acceptors (Lipinski definition) is 7. The van der Waals surface area contributed by atoms with Gasteiger partial charge in [-0.25, -0.2) is 8.42 Å². The number of methoxy groups -OCH3 is 2. The van der Waals surface area contributed by atoms with Crippen LogP contribution in [0.3, 0.4) is 0 Å². The van der Waals surface area contributed by atoms with Crippen LogP contribution >= 0.6 is 0 Å². The van der Waals surface area contributed by atoms with E-state index in [-0.39, 0.29) is 29.6 Å². The lowest BCUT2D eigenvalue weighted by Gasteiger charge is -2.25. The third-order valence-corrected chi connectivity index (χ3v) is 7.27. The van der Waals surface area contributed by atoms with Gasteiger partial charge in [0.25, 0.3) is 5.91 Å². The van der Waals surface area contributed by atoms with E-state index in [1.165, 1.54) is 36.7 Å². The van der Waals surface area contributed by atoms with Crippen LogP contribution in [0.1, 0.15) is 12.8 Å². The van der Waals surface area contributed by atoms with Crippen LogP contribution in [-0.2, 0) is 19.6 Å². The van der Waals surface area contributed by atoms with E-state index in [1.54, 1.807) is 18.2 Å². The van der Waals surface area contributed by atoms with Gasteiger partial charge in [-0.2, -0.15) is 4.31 Å². The summed E-state index contributed by atoms with van der Waals surface area (Å²) in [5, 5.41) is 5.36. The average Bonchev–Trinajstić information content (AvgIpc) is 3.29. The second kappa shape index (κ2) is 8.67. The van der Waals surface area contributed by atoms with Crippen LogP contribution in [-0.4, -0.2) is 58.0 Å². The second-order valence-electron chi connectivity index (χ2n) is 7.32. The third-order valence-electron chi connectivity index (χ3n) is 5.36. The zero-order chi connectivity index (χ0) is 22.9. The number of fused-ring (bicyclic) bond motifs is 1. The minimum atomic E-state index is -3.99. The topological polar surface area (TPSA) is 123 Å². The van der Waals surface area contributed by atoms with Crippen molar-refractivity contribution >= 4 is 33.2 Å². The summed E-state index contributed by atoms with van der Waals surface area (Å²) in [7, 11) is -1.02. The van der Waals surface area contributed by atoms with Crippen LogP contribution in [0.15, 0.2) is 41.3 Å². The highest BCUT2D eigenvalue weighted by molar-refractivity contribution is 7.89. The molecule has 0 bridgehead atoms. The molecule has 2 aromatic rings. The molecule has 0 radical (unpaired) electrons. The summed E-state index contributed by atoms with van der Waals surface area (Å²) in [5.41, 5.74) is 0.665. The van der Waals surface area contributed by atoms with E-state index in [2.05, 4.69) is 10.6 Å². The highest BCUT2D eigenvalue weighted by Gasteiger charge is 2.40. The fraction of sp³-hybridized carbons (Fsp3) is 0.333. The van der Waals surface area contributed by atoms with Crippen LogP contribution in [0, 0.1) is 0 Å². The van der Waals surface area contributed by atoms with Gasteiger partial charge in [-0.1, -0.05) is 0 Å². The van der Waals surface area contributed by atoms with Crippen molar-refractivity contribution in [1.29, 1.82) is 0 Å². The number of ether oxygens (including phenoxy) is 3. The van der Waals surface area contributed by atoms with E-state index in [4.69, 9.17) is 14.2 Å². The minimum Gasteiger partial charge on any atom is -0.497 e. The summed E-state index contributed by atoms with van der Waals surface area (Å²) in [6.07, 6.45) is 0.916. The van der Waals surface area contributed by atoms with Crippen LogP contribution in [0.2, 0.25) is 0 Å². The number of nitrogens with zero attached hydrogens (tertiary/aromatic N) is 1. The summed E-state index contributed by atoms with van der Waals surface area (Å²) >= 11 is 0. The van der Waals surface area contributed by atoms with Crippen molar-refractivity contribution in [2.45, 2.75) is 23.8 Å². The maximum Gasteiger partial charge on any atom is 0.262 e. The number of hydrogen-bond donors (Lipinski definition) is 2. The Morgan fingerprint density at radius 3 is 2.75 bits per heavy atom. The highest BCUT2D eigenvalue weighted by Crippen LogP contribution is 2.34. The molecule has 32 heavy (non-hydrogen) atoms. The molecule has 2 aromatic carbocycles. The summed E-state index contributed by atoms with van der Waals surface area (Å²) in [6, 6.07) is 8.31. The van der Waals surface area contributed by atoms with E-state index in [1.807, 2.05) is 0 Å². The number of anilines is 2. The molecule has 0 aromatic heterocycles. The number of sulfonamides is 1. The van der Waals surface area contributed by atoms with Gasteiger partial charge in [-0.05, 0) is 43.2 Å². The first-order chi connectivity index (χ1) is 15.3. The van der Waals surface area contributed by atoms with Crippen LogP contribution in [0.5, 0.6) is 17.2 Å². The number of carbonyl (C=O) groups is 2. The number of nitrogens with one attached hydrogen (secondary N) is 2. The van der Waals surface area contributed by atoms with Crippen molar-refractivity contribution in [3.05, 3.63) is 36.4 Å². The lowest BCUT2D eigenvalue weighted by atomic mass is 10.2. The van der Waals surface area contributed by atoms with E-state index < -0.39 is 22.0 Å². The molecule has 2 aliphatic heterocycles. The molecule has 2 N–H and O–H groups in total. The van der Waals surface area contributed by atoms with Crippen molar-refractivity contribution in [2.75, 3.05) is 38.0 Å².